The maximum absolute atomic E-state index is 11.4. The second-order valence-electron chi connectivity index (χ2n) is 1.57. The minimum absolute atomic E-state index is 0.220. The first-order chi connectivity index (χ1) is 4.98. The van der Waals surface area contributed by atoms with Gasteiger partial charge >= 0.3 is 12.1 Å². The first kappa shape index (κ1) is 10.3. The molecule has 6 heteroatoms. The molecule has 0 heterocycles. The standard InChI is InChI=1S/C5H5ClF3NO/c6-2-1-3-10-4(11)5(7,8)9/h1-2H,3H2,(H,10,11)/b2-1+. The summed E-state index contributed by atoms with van der Waals surface area (Å²) in [5.74, 6) is -1.97. The summed E-state index contributed by atoms with van der Waals surface area (Å²) in [6.45, 7) is -0.220. The van der Waals surface area contributed by atoms with Crippen molar-refractivity contribution in [2.45, 2.75) is 6.18 Å². The molecule has 0 radical (unpaired) electrons. The molecule has 1 N–H and O–H groups in total. The van der Waals surface area contributed by atoms with E-state index in [1.54, 1.807) is 5.32 Å². The van der Waals surface area contributed by atoms with Crippen molar-refractivity contribution < 1.29 is 18.0 Å². The third-order valence-corrected chi connectivity index (χ3v) is 0.905. The largest absolute Gasteiger partial charge is 0.471 e. The highest BCUT2D eigenvalue weighted by Crippen LogP contribution is 2.13. The Bertz CT molecular complexity index is 166. The van der Waals surface area contributed by atoms with Gasteiger partial charge in [-0.15, -0.1) is 0 Å². The fraction of sp³-hybridized carbons (Fsp3) is 0.400. The highest BCUT2D eigenvalue weighted by Gasteiger charge is 2.37. The van der Waals surface area contributed by atoms with Crippen LogP contribution in [-0.4, -0.2) is 18.6 Å². The van der Waals surface area contributed by atoms with Crippen LogP contribution in [0.2, 0.25) is 0 Å². The Morgan fingerprint density at radius 2 is 2.09 bits per heavy atom. The summed E-state index contributed by atoms with van der Waals surface area (Å²) in [4.78, 5) is 10.0. The van der Waals surface area contributed by atoms with Gasteiger partial charge in [0.1, 0.15) is 0 Å². The minimum Gasteiger partial charge on any atom is -0.345 e. The van der Waals surface area contributed by atoms with Gasteiger partial charge in [-0.25, -0.2) is 0 Å². The van der Waals surface area contributed by atoms with E-state index in [1.165, 1.54) is 6.08 Å². The van der Waals surface area contributed by atoms with Gasteiger partial charge in [-0.1, -0.05) is 17.7 Å². The lowest BCUT2D eigenvalue weighted by atomic mass is 10.5. The molecule has 0 fully saturated rings. The van der Waals surface area contributed by atoms with Crippen LogP contribution in [-0.2, 0) is 4.79 Å². The molecule has 1 amide bonds. The topological polar surface area (TPSA) is 29.1 Å². The number of hydrogen-bond acceptors (Lipinski definition) is 1. The average molecular weight is 188 g/mol. The first-order valence-corrected chi connectivity index (χ1v) is 3.02. The van der Waals surface area contributed by atoms with E-state index in [-0.39, 0.29) is 6.54 Å². The third-order valence-electron chi connectivity index (χ3n) is 0.727. The Kier molecular flexibility index (Phi) is 3.95. The van der Waals surface area contributed by atoms with Crippen molar-refractivity contribution in [3.63, 3.8) is 0 Å². The average Bonchev–Trinajstić information content (AvgIpc) is 1.86. The smallest absolute Gasteiger partial charge is 0.345 e. The van der Waals surface area contributed by atoms with Crippen molar-refractivity contribution in [3.05, 3.63) is 11.6 Å². The fourth-order valence-corrected chi connectivity index (χ4v) is 0.385. The number of amides is 1. The maximum atomic E-state index is 11.4. The summed E-state index contributed by atoms with van der Waals surface area (Å²) in [5.41, 5.74) is 1.02. The van der Waals surface area contributed by atoms with Crippen LogP contribution in [0.3, 0.4) is 0 Å². The van der Waals surface area contributed by atoms with Crippen LogP contribution in [0, 0.1) is 0 Å². The lowest BCUT2D eigenvalue weighted by Gasteiger charge is -2.04. The summed E-state index contributed by atoms with van der Waals surface area (Å²) < 4.78 is 34.2. The van der Waals surface area contributed by atoms with E-state index in [9.17, 15) is 18.0 Å². The van der Waals surface area contributed by atoms with Gasteiger partial charge in [0.15, 0.2) is 0 Å². The summed E-state index contributed by atoms with van der Waals surface area (Å²) in [7, 11) is 0. The number of carbonyl (C=O) groups is 1. The number of halogens is 4. The van der Waals surface area contributed by atoms with E-state index in [0.29, 0.717) is 0 Å². The molecule has 0 rings (SSSR count). The molecular weight excluding hydrogens is 183 g/mol. The van der Waals surface area contributed by atoms with E-state index in [2.05, 4.69) is 0 Å². The molecule has 0 aliphatic heterocycles. The summed E-state index contributed by atoms with van der Waals surface area (Å²) >= 11 is 4.99. The van der Waals surface area contributed by atoms with Gasteiger partial charge in [0, 0.05) is 12.1 Å². The van der Waals surface area contributed by atoms with E-state index >= 15 is 0 Å². The fourth-order valence-electron chi connectivity index (χ4n) is 0.296. The van der Waals surface area contributed by atoms with E-state index in [1.807, 2.05) is 0 Å². The van der Waals surface area contributed by atoms with Crippen molar-refractivity contribution in [2.24, 2.45) is 0 Å². The van der Waals surface area contributed by atoms with Crippen LogP contribution >= 0.6 is 11.6 Å². The zero-order valence-corrected chi connectivity index (χ0v) is 6.04. The SMILES string of the molecule is O=C(NC/C=C/Cl)C(F)(F)F. The van der Waals surface area contributed by atoms with Gasteiger partial charge < -0.3 is 5.32 Å². The predicted molar refractivity (Wildman–Crippen MR) is 34.1 cm³/mol. The van der Waals surface area contributed by atoms with Gasteiger partial charge in [-0.05, 0) is 0 Å². The van der Waals surface area contributed by atoms with Crippen LogP contribution in [0.1, 0.15) is 0 Å². The molecule has 0 aliphatic rings. The molecular formula is C5H5ClF3NO. The molecule has 0 aromatic heterocycles. The molecule has 11 heavy (non-hydrogen) atoms. The number of nitrogens with one attached hydrogen (secondary N) is 1. The number of rotatable bonds is 2. The molecule has 0 aliphatic carbocycles. The highest BCUT2D eigenvalue weighted by molar-refractivity contribution is 6.25. The molecule has 0 aromatic carbocycles. The molecule has 0 saturated carbocycles. The molecule has 2 nitrogen and oxygen atoms in total. The Morgan fingerprint density at radius 1 is 1.55 bits per heavy atom. The molecule has 0 bridgehead atoms. The van der Waals surface area contributed by atoms with Crippen molar-refractivity contribution >= 4 is 17.5 Å². The lowest BCUT2D eigenvalue weighted by molar-refractivity contribution is -0.173. The van der Waals surface area contributed by atoms with Crippen LogP contribution in [0.4, 0.5) is 13.2 Å². The van der Waals surface area contributed by atoms with Gasteiger partial charge in [-0.3, -0.25) is 4.79 Å². The summed E-state index contributed by atoms with van der Waals surface area (Å²) in [6.07, 6.45) is -3.63. The van der Waals surface area contributed by atoms with Crippen molar-refractivity contribution in [3.8, 4) is 0 Å². The Hall–Kier alpha value is -0.710. The number of alkyl halides is 3. The lowest BCUT2D eigenvalue weighted by Crippen LogP contribution is -2.36. The van der Waals surface area contributed by atoms with Crippen LogP contribution in [0.5, 0.6) is 0 Å². The van der Waals surface area contributed by atoms with Gasteiger partial charge in [0.05, 0.1) is 0 Å². The highest BCUT2D eigenvalue weighted by atomic mass is 35.5. The van der Waals surface area contributed by atoms with Gasteiger partial charge in [0.25, 0.3) is 0 Å². The van der Waals surface area contributed by atoms with E-state index < -0.39 is 12.1 Å². The molecule has 0 spiro atoms. The number of carbonyl (C=O) groups excluding carboxylic acids is 1. The van der Waals surface area contributed by atoms with Crippen LogP contribution in [0.15, 0.2) is 11.6 Å². The Labute approximate surface area is 66.0 Å². The maximum Gasteiger partial charge on any atom is 0.471 e. The molecule has 0 unspecified atom stereocenters. The third kappa shape index (κ3) is 4.66. The van der Waals surface area contributed by atoms with E-state index in [4.69, 9.17) is 11.6 Å². The summed E-state index contributed by atoms with van der Waals surface area (Å²) in [5, 5.41) is 1.59. The minimum atomic E-state index is -4.82. The number of hydrogen-bond donors (Lipinski definition) is 1. The quantitative estimate of drug-likeness (QED) is 0.696. The molecule has 0 atom stereocenters. The second kappa shape index (κ2) is 4.23. The van der Waals surface area contributed by atoms with Crippen LogP contribution < -0.4 is 5.32 Å². The van der Waals surface area contributed by atoms with Crippen LogP contribution in [0.25, 0.3) is 0 Å². The van der Waals surface area contributed by atoms with Crippen molar-refractivity contribution in [1.29, 1.82) is 0 Å². The predicted octanol–water partition coefficient (Wildman–Crippen LogP) is 1.42. The molecule has 0 saturated heterocycles. The Balaban J connectivity index is 3.71. The zero-order chi connectivity index (χ0) is 8.91. The monoisotopic (exact) mass is 187 g/mol. The second-order valence-corrected chi connectivity index (χ2v) is 1.82. The van der Waals surface area contributed by atoms with Gasteiger partial charge in [-0.2, -0.15) is 13.2 Å². The van der Waals surface area contributed by atoms with Crippen molar-refractivity contribution in [2.75, 3.05) is 6.54 Å². The van der Waals surface area contributed by atoms with E-state index in [0.717, 1.165) is 5.54 Å². The Morgan fingerprint density at radius 3 is 2.45 bits per heavy atom. The van der Waals surface area contributed by atoms with Crippen molar-refractivity contribution in [1.82, 2.24) is 5.32 Å². The summed E-state index contributed by atoms with van der Waals surface area (Å²) in [6, 6.07) is 0. The molecule has 64 valence electrons. The van der Waals surface area contributed by atoms with Gasteiger partial charge in [0.2, 0.25) is 0 Å². The normalized spacial score (nSPS) is 12.0. The first-order valence-electron chi connectivity index (χ1n) is 2.58. The zero-order valence-electron chi connectivity index (χ0n) is 5.28. The molecule has 0 aromatic rings.